The summed E-state index contributed by atoms with van der Waals surface area (Å²) < 4.78 is 5.55. The van der Waals surface area contributed by atoms with Crippen LogP contribution in [-0.2, 0) is 9.53 Å². The summed E-state index contributed by atoms with van der Waals surface area (Å²) in [7, 11) is 0. The van der Waals surface area contributed by atoms with Gasteiger partial charge in [0.2, 0.25) is 0 Å². The van der Waals surface area contributed by atoms with Gasteiger partial charge in [-0.25, -0.2) is 0 Å². The average Bonchev–Trinajstić information content (AvgIpc) is 2.17. The normalized spacial score (nSPS) is 20.2. The fraction of sp³-hybridized carbons (Fsp3) is 0.786. The molecule has 0 N–H and O–H groups in total. The topological polar surface area (TPSA) is 26.3 Å². The van der Waals surface area contributed by atoms with Crippen molar-refractivity contribution < 1.29 is 9.53 Å². The van der Waals surface area contributed by atoms with Crippen molar-refractivity contribution >= 4 is 5.97 Å². The Balaban J connectivity index is 2.75. The molecule has 0 amide bonds. The minimum atomic E-state index is -0.386. The standard InChI is InChI=1S/C14H24O2/c1-5-9-14(10-7-6-8-11-14)12(15)16-13(2,3)4/h5H,1,6-11H2,2-4H3. The molecule has 0 saturated heterocycles. The van der Waals surface area contributed by atoms with Crippen LogP contribution in [0, 0.1) is 5.41 Å². The zero-order valence-corrected chi connectivity index (χ0v) is 10.8. The van der Waals surface area contributed by atoms with Gasteiger partial charge in [-0.2, -0.15) is 0 Å². The molecule has 1 aliphatic carbocycles. The molecular weight excluding hydrogens is 200 g/mol. The number of hydrogen-bond donors (Lipinski definition) is 0. The number of esters is 1. The Morgan fingerprint density at radius 1 is 1.31 bits per heavy atom. The van der Waals surface area contributed by atoms with Gasteiger partial charge in [0.1, 0.15) is 5.60 Å². The van der Waals surface area contributed by atoms with Crippen LogP contribution in [0.5, 0.6) is 0 Å². The Morgan fingerprint density at radius 2 is 1.88 bits per heavy atom. The maximum Gasteiger partial charge on any atom is 0.312 e. The maximum absolute atomic E-state index is 12.3. The van der Waals surface area contributed by atoms with E-state index in [9.17, 15) is 4.79 Å². The van der Waals surface area contributed by atoms with Crippen LogP contribution in [0.2, 0.25) is 0 Å². The smallest absolute Gasteiger partial charge is 0.312 e. The summed E-state index contributed by atoms with van der Waals surface area (Å²) in [5.74, 6) is -0.0281. The summed E-state index contributed by atoms with van der Waals surface area (Å²) in [6.07, 6.45) is 8.01. The van der Waals surface area contributed by atoms with Gasteiger partial charge in [0, 0.05) is 0 Å². The third-order valence-corrected chi connectivity index (χ3v) is 3.18. The first kappa shape index (κ1) is 13.3. The zero-order chi connectivity index (χ0) is 12.2. The molecule has 0 aromatic carbocycles. The first-order valence-corrected chi connectivity index (χ1v) is 6.24. The van der Waals surface area contributed by atoms with Crippen LogP contribution in [0.25, 0.3) is 0 Å². The van der Waals surface area contributed by atoms with Gasteiger partial charge in [-0.1, -0.05) is 25.3 Å². The largest absolute Gasteiger partial charge is 0.460 e. The molecule has 2 heteroatoms. The summed E-state index contributed by atoms with van der Waals surface area (Å²) in [5.41, 5.74) is -0.671. The van der Waals surface area contributed by atoms with E-state index in [0.717, 1.165) is 32.1 Å². The van der Waals surface area contributed by atoms with Crippen molar-refractivity contribution in [1.82, 2.24) is 0 Å². The predicted molar refractivity (Wildman–Crippen MR) is 66.2 cm³/mol. The van der Waals surface area contributed by atoms with Crippen LogP contribution in [0.3, 0.4) is 0 Å². The Kier molecular flexibility index (Phi) is 4.17. The highest BCUT2D eigenvalue weighted by molar-refractivity contribution is 5.77. The molecule has 0 radical (unpaired) electrons. The maximum atomic E-state index is 12.3. The molecule has 0 atom stereocenters. The van der Waals surface area contributed by atoms with Gasteiger partial charge in [0.05, 0.1) is 5.41 Å². The summed E-state index contributed by atoms with van der Waals surface area (Å²) in [6, 6.07) is 0. The molecule has 0 aromatic heterocycles. The lowest BCUT2D eigenvalue weighted by atomic mass is 9.72. The van der Waals surface area contributed by atoms with E-state index in [2.05, 4.69) is 6.58 Å². The summed E-state index contributed by atoms with van der Waals surface area (Å²) in [6.45, 7) is 9.55. The van der Waals surface area contributed by atoms with Crippen LogP contribution in [0.4, 0.5) is 0 Å². The molecule has 0 aromatic rings. The summed E-state index contributed by atoms with van der Waals surface area (Å²) in [4.78, 5) is 12.3. The van der Waals surface area contributed by atoms with Gasteiger partial charge in [-0.15, -0.1) is 6.58 Å². The number of allylic oxidation sites excluding steroid dienone is 1. The molecule has 1 rings (SSSR count). The third-order valence-electron chi connectivity index (χ3n) is 3.18. The summed E-state index contributed by atoms with van der Waals surface area (Å²) >= 11 is 0. The molecule has 0 unspecified atom stereocenters. The SMILES string of the molecule is C=CCC1(C(=O)OC(C)(C)C)CCCCC1. The number of carbonyl (C=O) groups excluding carboxylic acids is 1. The second kappa shape index (κ2) is 5.03. The van der Waals surface area contributed by atoms with Crippen molar-refractivity contribution in [2.75, 3.05) is 0 Å². The van der Waals surface area contributed by atoms with Crippen molar-refractivity contribution in [1.29, 1.82) is 0 Å². The molecule has 2 nitrogen and oxygen atoms in total. The number of hydrogen-bond acceptors (Lipinski definition) is 2. The molecule has 1 fully saturated rings. The van der Waals surface area contributed by atoms with Crippen molar-refractivity contribution in [2.45, 2.75) is 64.9 Å². The number of carbonyl (C=O) groups is 1. The summed E-state index contributed by atoms with van der Waals surface area (Å²) in [5, 5.41) is 0. The van der Waals surface area contributed by atoms with E-state index in [4.69, 9.17) is 4.74 Å². The first-order valence-electron chi connectivity index (χ1n) is 6.24. The highest BCUT2D eigenvalue weighted by Crippen LogP contribution is 2.41. The fourth-order valence-corrected chi connectivity index (χ4v) is 2.38. The van der Waals surface area contributed by atoms with Crippen LogP contribution in [-0.4, -0.2) is 11.6 Å². The van der Waals surface area contributed by atoms with Crippen LogP contribution in [0.15, 0.2) is 12.7 Å². The minimum absolute atomic E-state index is 0.0281. The second-order valence-electron chi connectivity index (χ2n) is 5.84. The van der Waals surface area contributed by atoms with E-state index >= 15 is 0 Å². The first-order chi connectivity index (χ1) is 7.40. The Labute approximate surface area is 99.1 Å². The Bertz CT molecular complexity index is 254. The van der Waals surface area contributed by atoms with Crippen LogP contribution >= 0.6 is 0 Å². The van der Waals surface area contributed by atoms with E-state index in [1.807, 2.05) is 26.8 Å². The van der Waals surface area contributed by atoms with E-state index < -0.39 is 0 Å². The van der Waals surface area contributed by atoms with Gasteiger partial charge in [0.25, 0.3) is 0 Å². The van der Waals surface area contributed by atoms with Crippen molar-refractivity contribution in [3.63, 3.8) is 0 Å². The quantitative estimate of drug-likeness (QED) is 0.537. The predicted octanol–water partition coefficient (Wildman–Crippen LogP) is 3.85. The molecule has 1 aliphatic rings. The lowest BCUT2D eigenvalue weighted by molar-refractivity contribution is -0.169. The van der Waals surface area contributed by atoms with Crippen LogP contribution in [0.1, 0.15) is 59.3 Å². The molecule has 16 heavy (non-hydrogen) atoms. The van der Waals surface area contributed by atoms with E-state index in [-0.39, 0.29) is 17.0 Å². The molecule has 0 heterocycles. The molecule has 0 spiro atoms. The monoisotopic (exact) mass is 224 g/mol. The van der Waals surface area contributed by atoms with Gasteiger partial charge < -0.3 is 4.74 Å². The highest BCUT2D eigenvalue weighted by atomic mass is 16.6. The fourth-order valence-electron chi connectivity index (χ4n) is 2.38. The second-order valence-corrected chi connectivity index (χ2v) is 5.84. The zero-order valence-electron chi connectivity index (χ0n) is 10.8. The van der Waals surface area contributed by atoms with Crippen LogP contribution < -0.4 is 0 Å². The molecule has 0 aliphatic heterocycles. The molecule has 92 valence electrons. The van der Waals surface area contributed by atoms with Gasteiger partial charge in [0.15, 0.2) is 0 Å². The van der Waals surface area contributed by atoms with E-state index in [0.29, 0.717) is 0 Å². The minimum Gasteiger partial charge on any atom is -0.460 e. The molecular formula is C14H24O2. The Hall–Kier alpha value is -0.790. The van der Waals surface area contributed by atoms with E-state index in [1.165, 1.54) is 6.42 Å². The molecule has 0 bridgehead atoms. The Morgan fingerprint density at radius 3 is 2.31 bits per heavy atom. The van der Waals surface area contributed by atoms with Gasteiger partial charge in [-0.05, 0) is 40.0 Å². The number of ether oxygens (including phenoxy) is 1. The lowest BCUT2D eigenvalue weighted by Crippen LogP contribution is -2.39. The van der Waals surface area contributed by atoms with Gasteiger partial charge >= 0.3 is 5.97 Å². The van der Waals surface area contributed by atoms with Crippen molar-refractivity contribution in [3.8, 4) is 0 Å². The van der Waals surface area contributed by atoms with Gasteiger partial charge in [-0.3, -0.25) is 4.79 Å². The van der Waals surface area contributed by atoms with E-state index in [1.54, 1.807) is 0 Å². The highest BCUT2D eigenvalue weighted by Gasteiger charge is 2.41. The van der Waals surface area contributed by atoms with Crippen molar-refractivity contribution in [2.24, 2.45) is 5.41 Å². The average molecular weight is 224 g/mol. The lowest BCUT2D eigenvalue weighted by Gasteiger charge is -2.36. The number of rotatable bonds is 3. The third kappa shape index (κ3) is 3.36. The van der Waals surface area contributed by atoms with Crippen molar-refractivity contribution in [3.05, 3.63) is 12.7 Å². The molecule has 1 saturated carbocycles.